The summed E-state index contributed by atoms with van der Waals surface area (Å²) < 4.78 is 1.81. The topological polar surface area (TPSA) is 71.1 Å². The average molecular weight is 386 g/mol. The molecule has 0 saturated carbocycles. The molecule has 0 atom stereocenters. The summed E-state index contributed by atoms with van der Waals surface area (Å²) in [5, 5.41) is 5.72. The van der Waals surface area contributed by atoms with Gasteiger partial charge < -0.3 is 10.6 Å². The van der Waals surface area contributed by atoms with Crippen LogP contribution in [0.15, 0.2) is 40.7 Å². The number of thioether (sulfide) groups is 1. The van der Waals surface area contributed by atoms with Crippen molar-refractivity contribution >= 4 is 56.5 Å². The summed E-state index contributed by atoms with van der Waals surface area (Å²) in [6.07, 6.45) is 0. The van der Waals surface area contributed by atoms with Crippen LogP contribution in [0.5, 0.6) is 0 Å². The van der Waals surface area contributed by atoms with Gasteiger partial charge in [0, 0.05) is 18.3 Å². The lowest BCUT2D eigenvalue weighted by Gasteiger charge is -2.09. The normalized spacial score (nSPS) is 10.7. The van der Waals surface area contributed by atoms with Crippen molar-refractivity contribution in [2.24, 2.45) is 0 Å². The molecule has 1 heterocycles. The monoisotopic (exact) mass is 385 g/mol. The summed E-state index contributed by atoms with van der Waals surface area (Å²) in [6, 6.07) is 11.5. The number of carbonyl (C=O) groups is 2. The largest absolute Gasteiger partial charge is 0.326 e. The van der Waals surface area contributed by atoms with Gasteiger partial charge in [-0.05, 0) is 49.2 Å². The number of thiazole rings is 1. The molecule has 7 heteroatoms. The van der Waals surface area contributed by atoms with Gasteiger partial charge in [-0.1, -0.05) is 23.9 Å². The third-order valence-electron chi connectivity index (χ3n) is 3.89. The van der Waals surface area contributed by atoms with Crippen molar-refractivity contribution in [2.45, 2.75) is 25.1 Å². The van der Waals surface area contributed by atoms with Crippen LogP contribution in [0.2, 0.25) is 0 Å². The van der Waals surface area contributed by atoms with Gasteiger partial charge in [0.05, 0.1) is 16.0 Å². The molecule has 1 aromatic heterocycles. The number of aryl methyl sites for hydroxylation is 1. The maximum Gasteiger partial charge on any atom is 0.234 e. The van der Waals surface area contributed by atoms with Crippen molar-refractivity contribution in [3.8, 4) is 0 Å². The highest BCUT2D eigenvalue weighted by molar-refractivity contribution is 8.01. The first-order valence-corrected chi connectivity index (χ1v) is 9.89. The highest BCUT2D eigenvalue weighted by Crippen LogP contribution is 2.31. The highest BCUT2D eigenvalue weighted by atomic mass is 32.2. The molecule has 0 fully saturated rings. The number of anilines is 2. The Morgan fingerprint density at radius 2 is 1.96 bits per heavy atom. The summed E-state index contributed by atoms with van der Waals surface area (Å²) in [6.45, 7) is 5.50. The molecule has 0 radical (unpaired) electrons. The van der Waals surface area contributed by atoms with Crippen LogP contribution in [0.3, 0.4) is 0 Å². The van der Waals surface area contributed by atoms with Gasteiger partial charge in [-0.3, -0.25) is 9.59 Å². The predicted molar refractivity (Wildman–Crippen MR) is 109 cm³/mol. The number of benzene rings is 2. The lowest BCUT2D eigenvalue weighted by molar-refractivity contribution is -0.114. The van der Waals surface area contributed by atoms with Crippen LogP contribution in [0.25, 0.3) is 10.2 Å². The Morgan fingerprint density at radius 1 is 1.15 bits per heavy atom. The zero-order valence-corrected chi connectivity index (χ0v) is 16.4. The Kier molecular flexibility index (Phi) is 5.58. The number of rotatable bonds is 5. The van der Waals surface area contributed by atoms with E-state index in [0.29, 0.717) is 5.75 Å². The minimum Gasteiger partial charge on any atom is -0.326 e. The van der Waals surface area contributed by atoms with E-state index in [-0.39, 0.29) is 11.8 Å². The van der Waals surface area contributed by atoms with Crippen LogP contribution in [-0.4, -0.2) is 22.6 Å². The molecule has 2 aromatic carbocycles. The Labute approximate surface area is 160 Å². The average Bonchev–Trinajstić information content (AvgIpc) is 2.99. The van der Waals surface area contributed by atoms with Crippen molar-refractivity contribution in [3.63, 3.8) is 0 Å². The number of nitrogens with zero attached hydrogens (tertiary/aromatic N) is 1. The third kappa shape index (κ3) is 4.42. The first-order chi connectivity index (χ1) is 12.4. The second-order valence-electron chi connectivity index (χ2n) is 5.93. The molecule has 0 spiro atoms. The second-order valence-corrected chi connectivity index (χ2v) is 8.18. The number of carbonyl (C=O) groups excluding carboxylic acids is 2. The number of hydrogen-bond acceptors (Lipinski definition) is 5. The molecule has 2 N–H and O–H groups in total. The van der Waals surface area contributed by atoms with Crippen LogP contribution in [0.4, 0.5) is 11.4 Å². The number of hydrogen-bond donors (Lipinski definition) is 2. The SMILES string of the molecule is CC(=O)Nc1ccc2nc(SCC(=O)Nc3cccc(C)c3C)sc2c1. The van der Waals surface area contributed by atoms with Gasteiger partial charge in [0.25, 0.3) is 0 Å². The van der Waals surface area contributed by atoms with Crippen LogP contribution >= 0.6 is 23.1 Å². The standard InChI is InChI=1S/C19H19N3O2S2/c1-11-5-4-6-15(12(11)2)21-18(24)10-25-19-22-16-8-7-14(20-13(3)23)9-17(16)26-19/h4-9H,10H2,1-3H3,(H,20,23)(H,21,24). The van der Waals surface area contributed by atoms with Gasteiger partial charge in [0.2, 0.25) is 11.8 Å². The molecule has 0 aliphatic carbocycles. The molecule has 3 aromatic rings. The third-order valence-corrected chi connectivity index (χ3v) is 6.06. The molecule has 134 valence electrons. The van der Waals surface area contributed by atoms with Crippen LogP contribution in [-0.2, 0) is 9.59 Å². The van der Waals surface area contributed by atoms with Crippen LogP contribution < -0.4 is 10.6 Å². The summed E-state index contributed by atoms with van der Waals surface area (Å²) in [5.41, 5.74) is 4.69. The fourth-order valence-electron chi connectivity index (χ4n) is 2.45. The van der Waals surface area contributed by atoms with Gasteiger partial charge in [0.1, 0.15) is 0 Å². The van der Waals surface area contributed by atoms with E-state index in [0.717, 1.165) is 37.1 Å². The lowest BCUT2D eigenvalue weighted by Crippen LogP contribution is -2.15. The van der Waals surface area contributed by atoms with E-state index in [1.54, 1.807) is 0 Å². The Hall–Kier alpha value is -2.38. The van der Waals surface area contributed by atoms with Crippen molar-refractivity contribution in [1.82, 2.24) is 4.98 Å². The van der Waals surface area contributed by atoms with Crippen molar-refractivity contribution in [3.05, 3.63) is 47.5 Å². The molecule has 3 rings (SSSR count). The smallest absolute Gasteiger partial charge is 0.234 e. The second kappa shape index (κ2) is 7.88. The quantitative estimate of drug-likeness (QED) is 0.630. The minimum absolute atomic E-state index is 0.0538. The number of aromatic nitrogens is 1. The van der Waals surface area contributed by atoms with E-state index < -0.39 is 0 Å². The van der Waals surface area contributed by atoms with E-state index in [4.69, 9.17) is 0 Å². The zero-order chi connectivity index (χ0) is 18.7. The molecule has 5 nitrogen and oxygen atoms in total. The van der Waals surface area contributed by atoms with Crippen molar-refractivity contribution in [2.75, 3.05) is 16.4 Å². The number of nitrogens with one attached hydrogen (secondary N) is 2. The summed E-state index contributed by atoms with van der Waals surface area (Å²) >= 11 is 2.92. The first-order valence-electron chi connectivity index (χ1n) is 8.09. The fourth-order valence-corrected chi connectivity index (χ4v) is 4.35. The summed E-state index contributed by atoms with van der Waals surface area (Å²) in [5.74, 6) is 0.139. The lowest BCUT2D eigenvalue weighted by atomic mass is 10.1. The molecular weight excluding hydrogens is 366 g/mol. The molecule has 0 bridgehead atoms. The Bertz CT molecular complexity index is 982. The zero-order valence-electron chi connectivity index (χ0n) is 14.8. The summed E-state index contributed by atoms with van der Waals surface area (Å²) in [7, 11) is 0. The van der Waals surface area contributed by atoms with E-state index in [9.17, 15) is 9.59 Å². The first kappa shape index (κ1) is 18.4. The van der Waals surface area contributed by atoms with Crippen molar-refractivity contribution < 1.29 is 9.59 Å². The van der Waals surface area contributed by atoms with Gasteiger partial charge in [-0.15, -0.1) is 11.3 Å². The van der Waals surface area contributed by atoms with Crippen LogP contribution in [0, 0.1) is 13.8 Å². The van der Waals surface area contributed by atoms with E-state index in [1.807, 2.05) is 50.2 Å². The minimum atomic E-state index is -0.105. The molecule has 0 aliphatic rings. The molecule has 0 unspecified atom stereocenters. The Balaban J connectivity index is 1.64. The fraction of sp³-hybridized carbons (Fsp3) is 0.211. The molecular formula is C19H19N3O2S2. The van der Waals surface area contributed by atoms with Gasteiger partial charge >= 0.3 is 0 Å². The molecule has 0 aliphatic heterocycles. The molecule has 0 saturated heterocycles. The highest BCUT2D eigenvalue weighted by Gasteiger charge is 2.10. The maximum absolute atomic E-state index is 12.2. The molecule has 26 heavy (non-hydrogen) atoms. The number of amides is 2. The van der Waals surface area contributed by atoms with E-state index >= 15 is 0 Å². The van der Waals surface area contributed by atoms with Crippen molar-refractivity contribution in [1.29, 1.82) is 0 Å². The Morgan fingerprint density at radius 3 is 2.73 bits per heavy atom. The summed E-state index contributed by atoms with van der Waals surface area (Å²) in [4.78, 5) is 27.9. The van der Waals surface area contributed by atoms with Gasteiger partial charge in [0.15, 0.2) is 4.34 Å². The maximum atomic E-state index is 12.2. The van der Waals surface area contributed by atoms with E-state index in [1.165, 1.54) is 30.0 Å². The van der Waals surface area contributed by atoms with E-state index in [2.05, 4.69) is 15.6 Å². The molecule has 2 amide bonds. The van der Waals surface area contributed by atoms with Gasteiger partial charge in [-0.25, -0.2) is 4.98 Å². The van der Waals surface area contributed by atoms with Gasteiger partial charge in [-0.2, -0.15) is 0 Å². The predicted octanol–water partition coefficient (Wildman–Crippen LogP) is 4.60. The number of fused-ring (bicyclic) bond motifs is 1. The van der Waals surface area contributed by atoms with Crippen LogP contribution in [0.1, 0.15) is 18.1 Å².